The van der Waals surface area contributed by atoms with Crippen LogP contribution in [0.3, 0.4) is 0 Å². The van der Waals surface area contributed by atoms with Crippen LogP contribution < -0.4 is 5.32 Å². The molecule has 1 N–H and O–H groups in total. The molecule has 0 aliphatic rings. The van der Waals surface area contributed by atoms with Crippen molar-refractivity contribution in [3.8, 4) is 0 Å². The zero-order valence-electron chi connectivity index (χ0n) is 13.6. The van der Waals surface area contributed by atoms with Crippen molar-refractivity contribution in [3.63, 3.8) is 0 Å². The highest BCUT2D eigenvalue weighted by Crippen LogP contribution is 2.15. The van der Waals surface area contributed by atoms with E-state index in [1.165, 1.54) is 7.11 Å². The van der Waals surface area contributed by atoms with Crippen LogP contribution in [0.25, 0.3) is 0 Å². The molecular formula is C18H18ClNO4S. The van der Waals surface area contributed by atoms with Gasteiger partial charge in [0, 0.05) is 10.6 Å². The summed E-state index contributed by atoms with van der Waals surface area (Å²) in [4.78, 5) is 24.9. The van der Waals surface area contributed by atoms with E-state index < -0.39 is 28.7 Å². The van der Waals surface area contributed by atoms with Crippen molar-refractivity contribution in [3.05, 3.63) is 65.2 Å². The average molecular weight is 380 g/mol. The Morgan fingerprint density at radius 3 is 2.40 bits per heavy atom. The van der Waals surface area contributed by atoms with Crippen LogP contribution in [0.1, 0.15) is 16.8 Å². The summed E-state index contributed by atoms with van der Waals surface area (Å²) in [5.41, 5.74) is 0.266. The van der Waals surface area contributed by atoms with E-state index in [0.717, 1.165) is 0 Å². The standard InChI is InChI=1S/C18H18ClNO4S/c1-24-18(22)16(11-12-25(23)13-7-3-2-4-8-13)20-17(21)14-9-5-6-10-15(14)19/h2-10,16H,11-12H2,1H3,(H,20,21)/t16-,25-/m0/s1. The van der Waals surface area contributed by atoms with Gasteiger partial charge in [0.15, 0.2) is 0 Å². The van der Waals surface area contributed by atoms with Crippen LogP contribution in [0, 0.1) is 0 Å². The number of carbonyl (C=O) groups is 2. The van der Waals surface area contributed by atoms with E-state index in [-0.39, 0.29) is 22.8 Å². The molecule has 0 saturated carbocycles. The minimum atomic E-state index is -1.27. The molecule has 1 amide bonds. The predicted octanol–water partition coefficient (Wildman–Crippen LogP) is 2.81. The Labute approximate surface area is 153 Å². The van der Waals surface area contributed by atoms with E-state index in [4.69, 9.17) is 16.3 Å². The number of nitrogens with one attached hydrogen (secondary N) is 1. The van der Waals surface area contributed by atoms with Gasteiger partial charge in [0.1, 0.15) is 6.04 Å². The minimum Gasteiger partial charge on any atom is -0.467 e. The number of hydrogen-bond donors (Lipinski definition) is 1. The first-order valence-electron chi connectivity index (χ1n) is 7.59. The van der Waals surface area contributed by atoms with Crippen LogP contribution in [0.15, 0.2) is 59.5 Å². The van der Waals surface area contributed by atoms with Gasteiger partial charge in [-0.3, -0.25) is 9.00 Å². The molecule has 5 nitrogen and oxygen atoms in total. The number of carbonyl (C=O) groups excluding carboxylic acids is 2. The number of ether oxygens (including phenoxy) is 1. The van der Waals surface area contributed by atoms with Gasteiger partial charge in [0.05, 0.1) is 28.5 Å². The Bertz CT molecular complexity index is 767. The van der Waals surface area contributed by atoms with Gasteiger partial charge in [-0.2, -0.15) is 0 Å². The Morgan fingerprint density at radius 2 is 1.76 bits per heavy atom. The van der Waals surface area contributed by atoms with Gasteiger partial charge in [-0.15, -0.1) is 0 Å². The van der Waals surface area contributed by atoms with E-state index >= 15 is 0 Å². The number of esters is 1. The van der Waals surface area contributed by atoms with Crippen molar-refractivity contribution < 1.29 is 18.5 Å². The highest BCUT2D eigenvalue weighted by molar-refractivity contribution is 7.85. The summed E-state index contributed by atoms with van der Waals surface area (Å²) < 4.78 is 17.0. The van der Waals surface area contributed by atoms with Crippen molar-refractivity contribution in [2.24, 2.45) is 0 Å². The largest absolute Gasteiger partial charge is 0.467 e. The maximum atomic E-state index is 12.3. The van der Waals surface area contributed by atoms with Crippen LogP contribution in [0.4, 0.5) is 0 Å². The van der Waals surface area contributed by atoms with E-state index in [1.54, 1.807) is 48.5 Å². The zero-order valence-corrected chi connectivity index (χ0v) is 15.2. The fraction of sp³-hybridized carbons (Fsp3) is 0.222. The van der Waals surface area contributed by atoms with Gasteiger partial charge in [-0.25, -0.2) is 4.79 Å². The predicted molar refractivity (Wildman–Crippen MR) is 97.1 cm³/mol. The first kappa shape index (κ1) is 19.1. The lowest BCUT2D eigenvalue weighted by molar-refractivity contribution is -0.142. The molecule has 0 fully saturated rings. The average Bonchev–Trinajstić information content (AvgIpc) is 2.65. The lowest BCUT2D eigenvalue weighted by atomic mass is 10.1. The molecule has 0 unspecified atom stereocenters. The monoisotopic (exact) mass is 379 g/mol. The molecule has 0 aromatic heterocycles. The van der Waals surface area contributed by atoms with Gasteiger partial charge in [0.2, 0.25) is 0 Å². The lowest BCUT2D eigenvalue weighted by Crippen LogP contribution is -2.42. The van der Waals surface area contributed by atoms with E-state index in [9.17, 15) is 13.8 Å². The third kappa shape index (κ3) is 5.41. The van der Waals surface area contributed by atoms with Crippen molar-refractivity contribution in [2.45, 2.75) is 17.4 Å². The minimum absolute atomic E-state index is 0.185. The molecule has 0 radical (unpaired) electrons. The molecule has 0 heterocycles. The molecule has 2 aromatic rings. The number of methoxy groups -OCH3 is 1. The van der Waals surface area contributed by atoms with Crippen LogP contribution >= 0.6 is 11.6 Å². The van der Waals surface area contributed by atoms with Gasteiger partial charge in [0.25, 0.3) is 5.91 Å². The van der Waals surface area contributed by atoms with Crippen LogP contribution in [-0.4, -0.2) is 35.0 Å². The summed E-state index contributed by atoms with van der Waals surface area (Å²) in [7, 11) is -0.0301. The quantitative estimate of drug-likeness (QED) is 0.751. The summed E-state index contributed by atoms with van der Waals surface area (Å²) >= 11 is 6.00. The Hall–Kier alpha value is -2.18. The molecule has 2 atom stereocenters. The number of rotatable bonds is 7. The molecule has 25 heavy (non-hydrogen) atoms. The normalized spacial score (nSPS) is 12.9. The molecule has 0 aliphatic carbocycles. The summed E-state index contributed by atoms with van der Waals surface area (Å²) in [6.45, 7) is 0. The Balaban J connectivity index is 2.04. The molecular weight excluding hydrogens is 362 g/mol. The van der Waals surface area contributed by atoms with Crippen LogP contribution in [-0.2, 0) is 20.3 Å². The topological polar surface area (TPSA) is 72.5 Å². The van der Waals surface area contributed by atoms with E-state index in [0.29, 0.717) is 4.90 Å². The van der Waals surface area contributed by atoms with E-state index in [1.807, 2.05) is 6.07 Å². The lowest BCUT2D eigenvalue weighted by Gasteiger charge is -2.16. The third-order valence-corrected chi connectivity index (χ3v) is 5.24. The summed E-state index contributed by atoms with van der Waals surface area (Å²) in [6.07, 6.45) is 0.185. The van der Waals surface area contributed by atoms with Crippen molar-refractivity contribution in [1.82, 2.24) is 5.32 Å². The SMILES string of the molecule is COC(=O)[C@H](CC[S@](=O)c1ccccc1)NC(=O)c1ccccc1Cl. The first-order chi connectivity index (χ1) is 12.0. The van der Waals surface area contributed by atoms with Crippen LogP contribution in [0.2, 0.25) is 5.02 Å². The van der Waals surface area contributed by atoms with Crippen molar-refractivity contribution >= 4 is 34.3 Å². The maximum absolute atomic E-state index is 12.3. The van der Waals surface area contributed by atoms with Gasteiger partial charge >= 0.3 is 5.97 Å². The molecule has 0 spiro atoms. The number of amides is 1. The smallest absolute Gasteiger partial charge is 0.328 e. The number of halogens is 1. The Morgan fingerprint density at radius 1 is 1.12 bits per heavy atom. The fourth-order valence-corrected chi connectivity index (χ4v) is 3.56. The third-order valence-electron chi connectivity index (χ3n) is 3.51. The second-order valence-electron chi connectivity index (χ2n) is 5.18. The molecule has 2 aromatic carbocycles. The van der Waals surface area contributed by atoms with Gasteiger partial charge < -0.3 is 10.1 Å². The molecule has 0 bridgehead atoms. The van der Waals surface area contributed by atoms with Crippen LogP contribution in [0.5, 0.6) is 0 Å². The van der Waals surface area contributed by atoms with E-state index in [2.05, 4.69) is 5.32 Å². The van der Waals surface area contributed by atoms with Gasteiger partial charge in [-0.05, 0) is 30.7 Å². The summed E-state index contributed by atoms with van der Waals surface area (Å²) in [5.74, 6) is -0.857. The highest BCUT2D eigenvalue weighted by Gasteiger charge is 2.23. The fourth-order valence-electron chi connectivity index (χ4n) is 2.19. The number of hydrogen-bond acceptors (Lipinski definition) is 4. The number of benzene rings is 2. The highest BCUT2D eigenvalue weighted by atomic mass is 35.5. The van der Waals surface area contributed by atoms with Crippen molar-refractivity contribution in [1.29, 1.82) is 0 Å². The maximum Gasteiger partial charge on any atom is 0.328 e. The Kier molecular flexibility index (Phi) is 7.16. The second-order valence-corrected chi connectivity index (χ2v) is 7.16. The van der Waals surface area contributed by atoms with Gasteiger partial charge in [-0.1, -0.05) is 41.9 Å². The second kappa shape index (κ2) is 9.34. The molecule has 7 heteroatoms. The zero-order chi connectivity index (χ0) is 18.2. The van der Waals surface area contributed by atoms with Crippen molar-refractivity contribution in [2.75, 3.05) is 12.9 Å². The molecule has 0 saturated heterocycles. The first-order valence-corrected chi connectivity index (χ1v) is 9.29. The molecule has 0 aliphatic heterocycles. The molecule has 132 valence electrons. The molecule has 2 rings (SSSR count). The summed E-state index contributed by atoms with van der Waals surface area (Å²) in [6, 6.07) is 14.6. The summed E-state index contributed by atoms with van der Waals surface area (Å²) in [5, 5.41) is 2.89.